The van der Waals surface area contributed by atoms with Crippen LogP contribution in [0, 0.1) is 0 Å². The summed E-state index contributed by atoms with van der Waals surface area (Å²) in [6.07, 6.45) is 0. The Morgan fingerprint density at radius 3 is 2.00 bits per heavy atom. The molecule has 0 aliphatic rings. The topological polar surface area (TPSA) is 0 Å². The van der Waals surface area contributed by atoms with Crippen LogP contribution in [-0.2, 0) is 0 Å². The van der Waals surface area contributed by atoms with Gasteiger partial charge < -0.3 is 0 Å². The predicted octanol–water partition coefficient (Wildman–Crippen LogP) is 5.86. The summed E-state index contributed by atoms with van der Waals surface area (Å²) >= 11 is 8.09. The number of rotatable bonds is 0. The van der Waals surface area contributed by atoms with Crippen LogP contribution in [0.1, 0.15) is 0 Å². The first-order valence-electron chi connectivity index (χ1n) is 5.82. The van der Waals surface area contributed by atoms with Gasteiger partial charge in [-0.2, -0.15) is 0 Å². The van der Waals surface area contributed by atoms with Crippen LogP contribution in [0.3, 0.4) is 0 Å². The Morgan fingerprint density at radius 1 is 0.722 bits per heavy atom. The van der Waals surface area contributed by atoms with E-state index in [-0.39, 0.29) is 0 Å². The van der Waals surface area contributed by atoms with Crippen molar-refractivity contribution in [1.29, 1.82) is 0 Å². The molecule has 0 bridgehead atoms. The third-order valence-corrected chi connectivity index (χ3v) is 4.85. The lowest BCUT2D eigenvalue weighted by Gasteiger charge is -2.06. The summed E-state index contributed by atoms with van der Waals surface area (Å²) in [6, 6.07) is 17.0. The minimum atomic E-state index is 0.858. The van der Waals surface area contributed by atoms with Gasteiger partial charge in [-0.25, -0.2) is 0 Å². The van der Waals surface area contributed by atoms with Crippen molar-refractivity contribution in [2.75, 3.05) is 0 Å². The van der Waals surface area contributed by atoms with Crippen molar-refractivity contribution in [2.24, 2.45) is 0 Å². The summed E-state index contributed by atoms with van der Waals surface area (Å²) in [7, 11) is 0. The minimum Gasteiger partial charge on any atom is -0.142 e. The lowest BCUT2D eigenvalue weighted by molar-refractivity contribution is 1.81. The fraction of sp³-hybridized carbons (Fsp3) is 0. The van der Waals surface area contributed by atoms with E-state index in [1.54, 1.807) is 11.3 Å². The van der Waals surface area contributed by atoms with Crippen molar-refractivity contribution in [1.82, 2.24) is 0 Å². The molecular weight excluding hydrogens is 260 g/mol. The lowest BCUT2D eigenvalue weighted by Crippen LogP contribution is -1.79. The molecule has 4 aromatic rings. The van der Waals surface area contributed by atoms with Crippen LogP contribution >= 0.6 is 22.9 Å². The molecule has 0 nitrogen and oxygen atoms in total. The van der Waals surface area contributed by atoms with Crippen molar-refractivity contribution < 1.29 is 0 Å². The lowest BCUT2D eigenvalue weighted by atomic mass is 9.99. The normalized spacial score (nSPS) is 11.6. The second-order valence-electron chi connectivity index (χ2n) is 4.38. The van der Waals surface area contributed by atoms with Crippen LogP contribution in [0.4, 0.5) is 0 Å². The molecule has 1 heterocycles. The Balaban J connectivity index is 2.48. The second kappa shape index (κ2) is 3.71. The molecule has 4 rings (SSSR count). The van der Waals surface area contributed by atoms with Crippen molar-refractivity contribution in [3.63, 3.8) is 0 Å². The van der Waals surface area contributed by atoms with E-state index >= 15 is 0 Å². The number of hydrogen-bond donors (Lipinski definition) is 0. The number of hydrogen-bond acceptors (Lipinski definition) is 1. The fourth-order valence-corrected chi connectivity index (χ4v) is 4.01. The zero-order chi connectivity index (χ0) is 12.1. The van der Waals surface area contributed by atoms with Gasteiger partial charge in [0.1, 0.15) is 0 Å². The van der Waals surface area contributed by atoms with E-state index in [0.29, 0.717) is 0 Å². The van der Waals surface area contributed by atoms with Gasteiger partial charge in [0, 0.05) is 20.9 Å². The molecule has 0 unspecified atom stereocenters. The molecule has 18 heavy (non-hydrogen) atoms. The van der Waals surface area contributed by atoms with Crippen molar-refractivity contribution >= 4 is 54.6 Å². The Hall–Kier alpha value is -1.57. The van der Waals surface area contributed by atoms with Crippen LogP contribution in [0.2, 0.25) is 5.02 Å². The van der Waals surface area contributed by atoms with Crippen LogP contribution in [0.25, 0.3) is 31.6 Å². The van der Waals surface area contributed by atoms with Crippen molar-refractivity contribution in [2.45, 2.75) is 0 Å². The van der Waals surface area contributed by atoms with E-state index in [2.05, 4.69) is 48.5 Å². The summed E-state index contributed by atoms with van der Waals surface area (Å²) in [4.78, 5) is 0. The van der Waals surface area contributed by atoms with Gasteiger partial charge >= 0.3 is 0 Å². The molecule has 3 aromatic carbocycles. The molecule has 86 valence electrons. The monoisotopic (exact) mass is 268 g/mol. The number of thiophene rings is 1. The smallest absolute Gasteiger partial charge is 0.0598 e. The fourth-order valence-electron chi connectivity index (χ4n) is 2.64. The van der Waals surface area contributed by atoms with E-state index < -0.39 is 0 Å². The Labute approximate surface area is 113 Å². The Bertz CT molecular complexity index is 889. The summed E-state index contributed by atoms with van der Waals surface area (Å²) in [5.74, 6) is 0. The van der Waals surface area contributed by atoms with Gasteiger partial charge in [0.15, 0.2) is 0 Å². The molecule has 0 aliphatic heterocycles. The van der Waals surface area contributed by atoms with Crippen LogP contribution in [-0.4, -0.2) is 0 Å². The molecule has 0 radical (unpaired) electrons. The van der Waals surface area contributed by atoms with E-state index in [1.807, 2.05) is 5.38 Å². The molecule has 0 fully saturated rings. The second-order valence-corrected chi connectivity index (χ2v) is 5.67. The van der Waals surface area contributed by atoms with E-state index in [4.69, 9.17) is 11.6 Å². The van der Waals surface area contributed by atoms with E-state index in [9.17, 15) is 0 Å². The maximum Gasteiger partial charge on any atom is 0.0598 e. The first-order valence-corrected chi connectivity index (χ1v) is 7.08. The van der Waals surface area contributed by atoms with E-state index in [0.717, 1.165) is 5.02 Å². The highest BCUT2D eigenvalue weighted by molar-refractivity contribution is 7.19. The summed E-state index contributed by atoms with van der Waals surface area (Å²) in [5.41, 5.74) is 0. The molecule has 1 aromatic heterocycles. The van der Waals surface area contributed by atoms with Gasteiger partial charge in [-0.15, -0.1) is 11.3 Å². The molecule has 2 heteroatoms. The van der Waals surface area contributed by atoms with Crippen LogP contribution in [0.15, 0.2) is 53.9 Å². The number of fused-ring (bicyclic) bond motifs is 6. The standard InChI is InChI=1S/C16H9ClS/c17-14-9-18-16-13-8-4-2-6-11(13)10-5-1-3-7-12(10)15(14)16/h1-9H. The average Bonchev–Trinajstić information content (AvgIpc) is 2.82. The van der Waals surface area contributed by atoms with Gasteiger partial charge in [0.05, 0.1) is 5.02 Å². The number of benzene rings is 3. The average molecular weight is 269 g/mol. The van der Waals surface area contributed by atoms with Crippen molar-refractivity contribution in [3.05, 3.63) is 58.9 Å². The quantitative estimate of drug-likeness (QED) is 0.350. The van der Waals surface area contributed by atoms with Gasteiger partial charge in [0.2, 0.25) is 0 Å². The van der Waals surface area contributed by atoms with Crippen LogP contribution in [0.5, 0.6) is 0 Å². The highest BCUT2D eigenvalue weighted by atomic mass is 35.5. The highest BCUT2D eigenvalue weighted by Gasteiger charge is 2.11. The highest BCUT2D eigenvalue weighted by Crippen LogP contribution is 2.41. The zero-order valence-electron chi connectivity index (χ0n) is 9.48. The van der Waals surface area contributed by atoms with Gasteiger partial charge in [-0.3, -0.25) is 0 Å². The summed E-state index contributed by atoms with van der Waals surface area (Å²) in [5, 5.41) is 9.21. The van der Waals surface area contributed by atoms with Gasteiger partial charge in [-0.05, 0) is 16.2 Å². The first-order chi connectivity index (χ1) is 8.86. The predicted molar refractivity (Wildman–Crippen MR) is 81.8 cm³/mol. The number of halogens is 1. The Morgan fingerprint density at radius 2 is 1.28 bits per heavy atom. The largest absolute Gasteiger partial charge is 0.142 e. The Kier molecular flexibility index (Phi) is 2.14. The molecule has 0 spiro atoms. The van der Waals surface area contributed by atoms with Crippen molar-refractivity contribution in [3.8, 4) is 0 Å². The molecule has 0 aliphatic carbocycles. The maximum atomic E-state index is 6.36. The zero-order valence-corrected chi connectivity index (χ0v) is 11.1. The molecule has 0 saturated carbocycles. The van der Waals surface area contributed by atoms with Gasteiger partial charge in [0.25, 0.3) is 0 Å². The van der Waals surface area contributed by atoms with Crippen LogP contribution < -0.4 is 0 Å². The first kappa shape index (κ1) is 10.4. The minimum absolute atomic E-state index is 0.858. The summed E-state index contributed by atoms with van der Waals surface area (Å²) < 4.78 is 1.29. The van der Waals surface area contributed by atoms with E-state index in [1.165, 1.54) is 31.6 Å². The molecule has 0 saturated heterocycles. The molecule has 0 atom stereocenters. The third kappa shape index (κ3) is 1.26. The SMILES string of the molecule is Clc1csc2c3ccccc3c3ccccc3c12. The molecular formula is C16H9ClS. The molecule has 0 N–H and O–H groups in total. The van der Waals surface area contributed by atoms with Gasteiger partial charge in [-0.1, -0.05) is 60.1 Å². The third-order valence-electron chi connectivity index (χ3n) is 3.40. The maximum absolute atomic E-state index is 6.36. The molecule has 0 amide bonds. The summed E-state index contributed by atoms with van der Waals surface area (Å²) in [6.45, 7) is 0.